The fraction of sp³-hybridized carbons (Fsp3) is 0.167. The number of hydrogen-bond donors (Lipinski definition) is 2. The van der Waals surface area contributed by atoms with Crippen LogP contribution in [0.4, 0.5) is 5.13 Å². The Balaban J connectivity index is 1.61. The van der Waals surface area contributed by atoms with E-state index in [4.69, 9.17) is 16.3 Å². The molecule has 0 aliphatic carbocycles. The average Bonchev–Trinajstić information content (AvgIpc) is 3.17. The Morgan fingerprint density at radius 2 is 1.83 bits per heavy atom. The summed E-state index contributed by atoms with van der Waals surface area (Å²) in [5, 5.41) is 10.2. The molecule has 0 aliphatic rings. The number of benzene rings is 2. The van der Waals surface area contributed by atoms with Crippen LogP contribution in [0.2, 0.25) is 5.02 Å². The molecule has 1 aromatic heterocycles. The van der Waals surface area contributed by atoms with Crippen molar-refractivity contribution >= 4 is 44.0 Å². The lowest BCUT2D eigenvalue weighted by Crippen LogP contribution is -2.36. The third-order valence-electron chi connectivity index (χ3n) is 3.57. The second kappa shape index (κ2) is 9.31. The number of para-hydroxylation sites is 1. The number of nitrogens with zero attached hydrogens (tertiary/aromatic N) is 2. The minimum atomic E-state index is -3.91. The van der Waals surface area contributed by atoms with Crippen LogP contribution in [0.25, 0.3) is 0 Å². The summed E-state index contributed by atoms with van der Waals surface area (Å²) < 4.78 is 32.7. The standard InChI is InChI=1S/C18H17ClN4O4S2/c1-12(11-27-13-7-3-2-4-8-13)23-29(25,26)18-22-21-17(28-18)20-16(24)14-9-5-6-10-15(14)19/h2-10,12,23H,11H2,1H3,(H,20,21,24). The number of carbonyl (C=O) groups is 1. The van der Waals surface area contributed by atoms with Crippen molar-refractivity contribution in [1.82, 2.24) is 14.9 Å². The van der Waals surface area contributed by atoms with E-state index in [-0.39, 0.29) is 26.7 Å². The fourth-order valence-corrected chi connectivity index (χ4v) is 4.63. The van der Waals surface area contributed by atoms with Gasteiger partial charge in [-0.3, -0.25) is 10.1 Å². The second-order valence-electron chi connectivity index (χ2n) is 5.95. The lowest BCUT2D eigenvalue weighted by atomic mass is 10.2. The molecule has 0 spiro atoms. The maximum absolute atomic E-state index is 12.5. The molecule has 1 heterocycles. The average molecular weight is 453 g/mol. The highest BCUT2D eigenvalue weighted by Gasteiger charge is 2.23. The first-order chi connectivity index (χ1) is 13.8. The topological polar surface area (TPSA) is 110 Å². The summed E-state index contributed by atoms with van der Waals surface area (Å²) in [7, 11) is -3.91. The van der Waals surface area contributed by atoms with Crippen LogP contribution in [0, 0.1) is 0 Å². The molecule has 29 heavy (non-hydrogen) atoms. The fourth-order valence-electron chi connectivity index (χ4n) is 2.27. The van der Waals surface area contributed by atoms with Gasteiger partial charge in [-0.15, -0.1) is 10.2 Å². The number of anilines is 1. The molecule has 1 amide bonds. The summed E-state index contributed by atoms with van der Waals surface area (Å²) in [5.41, 5.74) is 0.249. The molecule has 152 valence electrons. The maximum atomic E-state index is 12.5. The molecule has 1 atom stereocenters. The molecule has 2 aromatic carbocycles. The van der Waals surface area contributed by atoms with Gasteiger partial charge in [0, 0.05) is 0 Å². The van der Waals surface area contributed by atoms with Crippen molar-refractivity contribution < 1.29 is 17.9 Å². The van der Waals surface area contributed by atoms with E-state index in [1.165, 1.54) is 0 Å². The zero-order valence-electron chi connectivity index (χ0n) is 15.2. The summed E-state index contributed by atoms with van der Waals surface area (Å²) in [4.78, 5) is 12.3. The molecular weight excluding hydrogens is 436 g/mol. The normalized spacial score (nSPS) is 12.3. The van der Waals surface area contributed by atoms with Gasteiger partial charge in [-0.2, -0.15) is 0 Å². The number of amides is 1. The zero-order valence-corrected chi connectivity index (χ0v) is 17.6. The second-order valence-corrected chi connectivity index (χ2v) is 9.23. The summed E-state index contributed by atoms with van der Waals surface area (Å²) in [5.74, 6) is 0.132. The van der Waals surface area contributed by atoms with Crippen LogP contribution in [0.5, 0.6) is 5.75 Å². The quantitative estimate of drug-likeness (QED) is 0.508. The summed E-state index contributed by atoms with van der Waals surface area (Å²) in [6, 6.07) is 15.0. The Morgan fingerprint density at radius 3 is 2.55 bits per heavy atom. The zero-order chi connectivity index (χ0) is 20.9. The van der Waals surface area contributed by atoms with E-state index < -0.39 is 22.0 Å². The monoisotopic (exact) mass is 452 g/mol. The van der Waals surface area contributed by atoms with Gasteiger partial charge in [0.25, 0.3) is 15.9 Å². The Bertz CT molecular complexity index is 1090. The van der Waals surface area contributed by atoms with Gasteiger partial charge >= 0.3 is 0 Å². The smallest absolute Gasteiger partial charge is 0.270 e. The van der Waals surface area contributed by atoms with Gasteiger partial charge in [0.05, 0.1) is 16.6 Å². The van der Waals surface area contributed by atoms with Crippen LogP contribution in [-0.4, -0.2) is 37.2 Å². The Morgan fingerprint density at radius 1 is 1.14 bits per heavy atom. The van der Waals surface area contributed by atoms with Gasteiger partial charge in [0.1, 0.15) is 12.4 Å². The van der Waals surface area contributed by atoms with Crippen LogP contribution in [0.3, 0.4) is 0 Å². The van der Waals surface area contributed by atoms with Crippen LogP contribution < -0.4 is 14.8 Å². The largest absolute Gasteiger partial charge is 0.492 e. The van der Waals surface area contributed by atoms with E-state index >= 15 is 0 Å². The third kappa shape index (κ3) is 5.73. The molecule has 3 rings (SSSR count). The molecule has 0 fully saturated rings. The van der Waals surface area contributed by atoms with Gasteiger partial charge in [0.15, 0.2) is 0 Å². The Kier molecular flexibility index (Phi) is 6.80. The molecule has 0 bridgehead atoms. The highest BCUT2D eigenvalue weighted by atomic mass is 35.5. The predicted molar refractivity (Wildman–Crippen MR) is 111 cm³/mol. The van der Waals surface area contributed by atoms with E-state index in [0.717, 1.165) is 11.3 Å². The minimum Gasteiger partial charge on any atom is -0.492 e. The molecule has 0 saturated carbocycles. The molecule has 11 heteroatoms. The maximum Gasteiger partial charge on any atom is 0.270 e. The van der Waals surface area contributed by atoms with Crippen molar-refractivity contribution in [2.75, 3.05) is 11.9 Å². The Labute approximate surface area is 176 Å². The number of nitrogens with one attached hydrogen (secondary N) is 2. The van der Waals surface area contributed by atoms with E-state index in [1.54, 1.807) is 43.3 Å². The molecule has 0 aliphatic heterocycles. The molecule has 0 radical (unpaired) electrons. The number of aromatic nitrogens is 2. The number of halogens is 1. The van der Waals surface area contributed by atoms with Gasteiger partial charge in [-0.05, 0) is 31.2 Å². The summed E-state index contributed by atoms with van der Waals surface area (Å²) >= 11 is 6.72. The highest BCUT2D eigenvalue weighted by molar-refractivity contribution is 7.91. The number of hydrogen-bond acceptors (Lipinski definition) is 7. The third-order valence-corrected chi connectivity index (χ3v) is 6.70. The van der Waals surface area contributed by atoms with E-state index in [1.807, 2.05) is 18.2 Å². The van der Waals surface area contributed by atoms with Gasteiger partial charge in [-0.1, -0.05) is 53.3 Å². The summed E-state index contributed by atoms with van der Waals surface area (Å²) in [6.07, 6.45) is 0. The SMILES string of the molecule is CC(COc1ccccc1)NS(=O)(=O)c1nnc(NC(=O)c2ccccc2Cl)s1. The van der Waals surface area contributed by atoms with E-state index in [0.29, 0.717) is 5.75 Å². The van der Waals surface area contributed by atoms with Crippen molar-refractivity contribution in [2.45, 2.75) is 17.3 Å². The van der Waals surface area contributed by atoms with Crippen LogP contribution in [-0.2, 0) is 10.0 Å². The van der Waals surface area contributed by atoms with Gasteiger partial charge in [-0.25, -0.2) is 13.1 Å². The van der Waals surface area contributed by atoms with Crippen molar-refractivity contribution in [3.63, 3.8) is 0 Å². The Hall–Kier alpha value is -2.53. The van der Waals surface area contributed by atoms with Crippen LogP contribution in [0.15, 0.2) is 58.9 Å². The number of ether oxygens (including phenoxy) is 1. The summed E-state index contributed by atoms with van der Waals surface area (Å²) in [6.45, 7) is 1.81. The van der Waals surface area contributed by atoms with Crippen molar-refractivity contribution in [1.29, 1.82) is 0 Å². The predicted octanol–water partition coefficient (Wildman–Crippen LogP) is 3.19. The van der Waals surface area contributed by atoms with Gasteiger partial charge < -0.3 is 4.74 Å². The molecule has 8 nitrogen and oxygen atoms in total. The number of rotatable bonds is 8. The molecule has 0 saturated heterocycles. The highest BCUT2D eigenvalue weighted by Crippen LogP contribution is 2.22. The van der Waals surface area contributed by atoms with E-state index in [2.05, 4.69) is 20.2 Å². The first kappa shape index (κ1) is 21.2. The first-order valence-electron chi connectivity index (χ1n) is 8.45. The molecular formula is C18H17ClN4O4S2. The molecule has 3 aromatic rings. The van der Waals surface area contributed by atoms with Crippen LogP contribution in [0.1, 0.15) is 17.3 Å². The lowest BCUT2D eigenvalue weighted by molar-refractivity contribution is 0.102. The van der Waals surface area contributed by atoms with Crippen molar-refractivity contribution in [2.24, 2.45) is 0 Å². The number of sulfonamides is 1. The van der Waals surface area contributed by atoms with Crippen LogP contribution >= 0.6 is 22.9 Å². The lowest BCUT2D eigenvalue weighted by Gasteiger charge is -2.13. The number of carbonyl (C=O) groups excluding carboxylic acids is 1. The van der Waals surface area contributed by atoms with Crippen molar-refractivity contribution in [3.8, 4) is 5.75 Å². The minimum absolute atomic E-state index is 0.0449. The first-order valence-corrected chi connectivity index (χ1v) is 11.1. The molecule has 2 N–H and O–H groups in total. The molecule has 1 unspecified atom stereocenters. The van der Waals surface area contributed by atoms with Gasteiger partial charge in [0.2, 0.25) is 9.47 Å². The van der Waals surface area contributed by atoms with E-state index in [9.17, 15) is 13.2 Å². The van der Waals surface area contributed by atoms with Crippen molar-refractivity contribution in [3.05, 3.63) is 65.2 Å².